The number of pyridine rings is 1. The van der Waals surface area contributed by atoms with E-state index in [1.807, 2.05) is 24.5 Å². The lowest BCUT2D eigenvalue weighted by molar-refractivity contribution is 1.08. The summed E-state index contributed by atoms with van der Waals surface area (Å²) in [4.78, 5) is 19.6. The van der Waals surface area contributed by atoms with Gasteiger partial charge in [-0.3, -0.25) is 4.98 Å². The largest absolute Gasteiger partial charge is 0.265 e. The van der Waals surface area contributed by atoms with Gasteiger partial charge >= 0.3 is 0 Å². The Morgan fingerprint density at radius 1 is 0.300 bits per heavy atom. The highest BCUT2D eigenvalue weighted by Crippen LogP contribution is 2.39. The van der Waals surface area contributed by atoms with E-state index in [1.54, 1.807) is 0 Å². The summed E-state index contributed by atoms with van der Waals surface area (Å²) >= 11 is 0. The minimum Gasteiger partial charge on any atom is -0.265 e. The highest BCUT2D eigenvalue weighted by Gasteiger charge is 2.17. The van der Waals surface area contributed by atoms with Crippen LogP contribution in [-0.2, 0) is 0 Å². The highest BCUT2D eigenvalue weighted by molar-refractivity contribution is 6.25. The Kier molecular flexibility index (Phi) is 6.46. The molecule has 0 saturated heterocycles. The van der Waals surface area contributed by atoms with Crippen LogP contribution in [0.3, 0.4) is 0 Å². The van der Waals surface area contributed by atoms with Crippen molar-refractivity contribution < 1.29 is 0 Å². The molecule has 0 saturated carbocycles. The van der Waals surface area contributed by atoms with Gasteiger partial charge in [-0.1, -0.05) is 133 Å². The summed E-state index contributed by atoms with van der Waals surface area (Å²) in [5.41, 5.74) is 7.40. The van der Waals surface area contributed by atoms with Gasteiger partial charge in [-0.25, -0.2) is 15.0 Å². The number of hydrogen-bond donors (Lipinski definition) is 0. The minimum absolute atomic E-state index is 0.635. The monoisotopic (exact) mass is 636 g/mol. The van der Waals surface area contributed by atoms with Crippen LogP contribution in [0.5, 0.6) is 0 Å². The summed E-state index contributed by atoms with van der Waals surface area (Å²) in [7, 11) is 0. The number of nitrogens with zero attached hydrogens (tertiary/aromatic N) is 4. The molecule has 0 amide bonds. The van der Waals surface area contributed by atoms with E-state index in [9.17, 15) is 0 Å². The summed E-state index contributed by atoms with van der Waals surface area (Å²) in [6.45, 7) is 0. The van der Waals surface area contributed by atoms with Crippen molar-refractivity contribution >= 4 is 43.1 Å². The van der Waals surface area contributed by atoms with Crippen LogP contribution in [-0.4, -0.2) is 19.9 Å². The molecule has 0 aliphatic carbocycles. The predicted molar refractivity (Wildman–Crippen MR) is 206 cm³/mol. The Balaban J connectivity index is 1.13. The average Bonchev–Trinajstić information content (AvgIpc) is 3.20. The summed E-state index contributed by atoms with van der Waals surface area (Å²) in [5.74, 6) is 1.93. The second kappa shape index (κ2) is 11.4. The molecule has 0 radical (unpaired) electrons. The molecule has 10 aromatic rings. The van der Waals surface area contributed by atoms with Gasteiger partial charge in [0, 0.05) is 29.1 Å². The van der Waals surface area contributed by atoms with E-state index in [-0.39, 0.29) is 0 Å². The maximum atomic E-state index is 5.16. The molecule has 8 aromatic carbocycles. The first-order valence-corrected chi connectivity index (χ1v) is 16.8. The molecule has 0 fully saturated rings. The Hall–Kier alpha value is -6.78. The molecule has 0 aliphatic rings. The lowest BCUT2D eigenvalue weighted by atomic mass is 9.92. The van der Waals surface area contributed by atoms with Gasteiger partial charge in [0.2, 0.25) is 0 Å². The maximum Gasteiger partial charge on any atom is 0.164 e. The van der Waals surface area contributed by atoms with Crippen LogP contribution in [0.4, 0.5) is 0 Å². The van der Waals surface area contributed by atoms with Gasteiger partial charge in [0.05, 0.1) is 0 Å². The van der Waals surface area contributed by atoms with E-state index < -0.39 is 0 Å². The van der Waals surface area contributed by atoms with E-state index in [0.29, 0.717) is 17.5 Å². The predicted octanol–water partition coefficient (Wildman–Crippen LogP) is 11.7. The molecular formula is C46H28N4. The van der Waals surface area contributed by atoms with Crippen molar-refractivity contribution in [3.05, 3.63) is 170 Å². The first-order valence-electron chi connectivity index (χ1n) is 16.8. The normalized spacial score (nSPS) is 11.6. The number of fused-ring (bicyclic) bond motifs is 1. The van der Waals surface area contributed by atoms with Crippen LogP contribution in [0.2, 0.25) is 0 Å². The van der Waals surface area contributed by atoms with Gasteiger partial charge in [0.1, 0.15) is 0 Å². The van der Waals surface area contributed by atoms with E-state index in [1.165, 1.54) is 43.3 Å². The van der Waals surface area contributed by atoms with E-state index >= 15 is 0 Å². The van der Waals surface area contributed by atoms with Crippen molar-refractivity contribution in [2.24, 2.45) is 0 Å². The quantitative estimate of drug-likeness (QED) is 0.176. The van der Waals surface area contributed by atoms with E-state index in [4.69, 9.17) is 15.0 Å². The van der Waals surface area contributed by atoms with E-state index in [2.05, 4.69) is 151 Å². The molecule has 4 heteroatoms. The van der Waals surface area contributed by atoms with Gasteiger partial charge in [-0.2, -0.15) is 0 Å². The molecule has 4 nitrogen and oxygen atoms in total. The van der Waals surface area contributed by atoms with Crippen LogP contribution in [0.1, 0.15) is 0 Å². The molecule has 0 bridgehead atoms. The maximum absolute atomic E-state index is 5.16. The Morgan fingerprint density at radius 3 is 1.48 bits per heavy atom. The van der Waals surface area contributed by atoms with Crippen LogP contribution in [0.25, 0.3) is 99.5 Å². The van der Waals surface area contributed by atoms with Crippen molar-refractivity contribution in [3.63, 3.8) is 0 Å². The van der Waals surface area contributed by atoms with Crippen molar-refractivity contribution in [1.29, 1.82) is 0 Å². The molecule has 0 atom stereocenters. The van der Waals surface area contributed by atoms with Crippen LogP contribution >= 0.6 is 0 Å². The lowest BCUT2D eigenvalue weighted by Gasteiger charge is -2.14. The summed E-state index contributed by atoms with van der Waals surface area (Å²) in [6, 6.07) is 55.7. The number of hydrogen-bond acceptors (Lipinski definition) is 4. The smallest absolute Gasteiger partial charge is 0.164 e. The van der Waals surface area contributed by atoms with E-state index in [0.717, 1.165) is 38.8 Å². The molecule has 0 N–H and O–H groups in total. The van der Waals surface area contributed by atoms with Crippen molar-refractivity contribution in [2.75, 3.05) is 0 Å². The zero-order chi connectivity index (χ0) is 33.0. The lowest BCUT2D eigenvalue weighted by Crippen LogP contribution is -2.01. The molecule has 2 aromatic heterocycles. The van der Waals surface area contributed by atoms with Gasteiger partial charge < -0.3 is 0 Å². The topological polar surface area (TPSA) is 51.6 Å². The third-order valence-corrected chi connectivity index (χ3v) is 9.79. The average molecular weight is 637 g/mol. The molecule has 0 spiro atoms. The van der Waals surface area contributed by atoms with Crippen LogP contribution < -0.4 is 0 Å². The van der Waals surface area contributed by atoms with Crippen LogP contribution in [0.15, 0.2) is 170 Å². The summed E-state index contributed by atoms with van der Waals surface area (Å²) < 4.78 is 0. The summed E-state index contributed by atoms with van der Waals surface area (Å²) in [6.07, 6.45) is 3.63. The molecule has 0 aliphatic heterocycles. The first kappa shape index (κ1) is 28.3. The molecule has 0 unspecified atom stereocenters. The molecule has 2 heterocycles. The zero-order valence-corrected chi connectivity index (χ0v) is 27.0. The Labute approximate surface area is 288 Å². The second-order valence-corrected chi connectivity index (χ2v) is 12.7. The zero-order valence-electron chi connectivity index (χ0n) is 27.0. The van der Waals surface area contributed by atoms with Gasteiger partial charge in [-0.05, 0) is 89.6 Å². The molecular weight excluding hydrogens is 609 g/mol. The van der Waals surface area contributed by atoms with Gasteiger partial charge in [0.15, 0.2) is 17.5 Å². The third-order valence-electron chi connectivity index (χ3n) is 9.79. The number of benzene rings is 8. The first-order chi connectivity index (χ1) is 24.7. The second-order valence-electron chi connectivity index (χ2n) is 12.7. The van der Waals surface area contributed by atoms with Crippen LogP contribution in [0, 0.1) is 0 Å². The Morgan fingerprint density at radius 2 is 0.780 bits per heavy atom. The van der Waals surface area contributed by atoms with Crippen molar-refractivity contribution in [2.45, 2.75) is 0 Å². The van der Waals surface area contributed by atoms with Gasteiger partial charge in [0.25, 0.3) is 0 Å². The third kappa shape index (κ3) is 4.77. The standard InChI is InChI=1S/C46H28N4/c1-2-5-38-28-39(19-12-29(38)4-1)31-10-17-37(18-11-31)45-48-44(36-15-8-30(9-16-36)32-24-26-47-27-25-32)49-46(50-45)41-23-21-35-14-13-33-6-3-7-34-20-22-40(41)43(35)42(33)34/h1-28H. The molecule has 10 rings (SSSR count). The number of aromatic nitrogens is 4. The minimum atomic E-state index is 0.635. The van der Waals surface area contributed by atoms with Crippen molar-refractivity contribution in [1.82, 2.24) is 19.9 Å². The number of rotatable bonds is 5. The van der Waals surface area contributed by atoms with Gasteiger partial charge in [-0.15, -0.1) is 0 Å². The highest BCUT2D eigenvalue weighted by atomic mass is 15.0. The fraction of sp³-hybridized carbons (Fsp3) is 0. The SMILES string of the molecule is c1ccc2cc(-c3ccc(-c4nc(-c5ccc(-c6ccncc6)cc5)nc(-c5ccc6ccc7cccc8ccc5c6c78)n4)cc3)ccc2c1. The fourth-order valence-electron chi connectivity index (χ4n) is 7.22. The fourth-order valence-corrected chi connectivity index (χ4v) is 7.22. The molecule has 232 valence electrons. The summed E-state index contributed by atoms with van der Waals surface area (Å²) in [5, 5.41) is 9.78. The Bertz CT molecular complexity index is 2830. The molecule has 50 heavy (non-hydrogen) atoms. The van der Waals surface area contributed by atoms with Crippen molar-refractivity contribution in [3.8, 4) is 56.4 Å².